The monoisotopic (exact) mass is 504 g/mol. The highest BCUT2D eigenvalue weighted by molar-refractivity contribution is 5.96. The second kappa shape index (κ2) is 12.1. The summed E-state index contributed by atoms with van der Waals surface area (Å²) in [5.74, 6) is -1.10. The summed E-state index contributed by atoms with van der Waals surface area (Å²) in [6.45, 7) is 3.08. The molecule has 0 saturated heterocycles. The molecule has 0 spiro atoms. The molecule has 0 bridgehead atoms. The van der Waals surface area contributed by atoms with E-state index in [9.17, 15) is 18.4 Å². The number of alkyl halides is 2. The van der Waals surface area contributed by atoms with Crippen LogP contribution in [0.4, 0.5) is 8.78 Å². The minimum absolute atomic E-state index is 0.00143. The van der Waals surface area contributed by atoms with Crippen molar-refractivity contribution >= 4 is 11.6 Å². The molecule has 1 unspecified atom stereocenters. The summed E-state index contributed by atoms with van der Waals surface area (Å²) in [5.41, 5.74) is 3.02. The van der Waals surface area contributed by atoms with Gasteiger partial charge in [-0.15, -0.1) is 0 Å². The van der Waals surface area contributed by atoms with Gasteiger partial charge in [-0.1, -0.05) is 80.1 Å². The zero-order valence-corrected chi connectivity index (χ0v) is 22.0. The number of halogens is 2. The second-order valence-electron chi connectivity index (χ2n) is 11.0. The van der Waals surface area contributed by atoms with E-state index in [0.29, 0.717) is 53.9 Å². The first-order chi connectivity index (χ1) is 17.7. The number of hydrogen-bond donors (Lipinski definition) is 0. The highest BCUT2D eigenvalue weighted by Gasteiger charge is 2.30. The fourth-order valence-corrected chi connectivity index (χ4v) is 6.11. The van der Waals surface area contributed by atoms with Crippen LogP contribution in [0, 0.1) is 17.8 Å². The first kappa shape index (κ1) is 27.2. The summed E-state index contributed by atoms with van der Waals surface area (Å²) < 4.78 is 28.3. The van der Waals surface area contributed by atoms with E-state index < -0.39 is 5.92 Å². The third-order valence-corrected chi connectivity index (χ3v) is 8.22. The molecule has 0 heterocycles. The fraction of sp³-hybridized carbons (Fsp3) is 0.455. The van der Waals surface area contributed by atoms with Crippen molar-refractivity contribution in [2.45, 2.75) is 77.6 Å². The minimum atomic E-state index is -2.94. The molecule has 196 valence electrons. The summed E-state index contributed by atoms with van der Waals surface area (Å²) in [6, 6.07) is 14.0. The summed E-state index contributed by atoms with van der Waals surface area (Å²) in [7, 11) is 0. The SMILES string of the molecule is CCC(CC(=O)Cc1cccc(-c2ccccc2C(C)(F)F)c1)C1CCC(CC(=O)C2=CC=CC2)CC1. The first-order valence-electron chi connectivity index (χ1n) is 13.7. The molecule has 1 fully saturated rings. The van der Waals surface area contributed by atoms with Crippen molar-refractivity contribution in [1.29, 1.82) is 0 Å². The summed E-state index contributed by atoms with van der Waals surface area (Å²) >= 11 is 0. The van der Waals surface area contributed by atoms with Gasteiger partial charge in [-0.25, -0.2) is 8.78 Å². The van der Waals surface area contributed by atoms with E-state index in [-0.39, 0.29) is 11.3 Å². The van der Waals surface area contributed by atoms with Crippen LogP contribution in [0.2, 0.25) is 0 Å². The fourth-order valence-electron chi connectivity index (χ4n) is 6.11. The largest absolute Gasteiger partial charge is 0.299 e. The molecule has 4 heteroatoms. The van der Waals surface area contributed by atoms with Crippen molar-refractivity contribution in [2.24, 2.45) is 17.8 Å². The second-order valence-corrected chi connectivity index (χ2v) is 11.0. The molecule has 2 nitrogen and oxygen atoms in total. The lowest BCUT2D eigenvalue weighted by molar-refractivity contribution is -0.119. The van der Waals surface area contributed by atoms with Crippen LogP contribution in [-0.2, 0) is 21.9 Å². The molecule has 1 saturated carbocycles. The Morgan fingerprint density at radius 1 is 1.03 bits per heavy atom. The summed E-state index contributed by atoms with van der Waals surface area (Å²) in [6.07, 6.45) is 13.5. The molecular weight excluding hydrogens is 466 g/mol. The first-order valence-corrected chi connectivity index (χ1v) is 13.7. The molecular formula is C33H38F2O2. The third-order valence-electron chi connectivity index (χ3n) is 8.22. The van der Waals surface area contributed by atoms with E-state index >= 15 is 0 Å². The normalized spacial score (nSPS) is 20.5. The highest BCUT2D eigenvalue weighted by Crippen LogP contribution is 2.39. The third kappa shape index (κ3) is 7.12. The Kier molecular flexibility index (Phi) is 8.89. The standard InChI is InChI=1S/C33H38F2O2/c1-3-25(26-17-15-23(16-18-26)21-32(37)27-10-4-5-11-27)22-29(36)20-24-9-8-12-28(19-24)30-13-6-7-14-31(30)33(2,34)35/h4-10,12-14,19,23,25-26H,3,11,15-18,20-22H2,1-2H3. The number of hydrogen-bond acceptors (Lipinski definition) is 2. The van der Waals surface area contributed by atoms with Crippen molar-refractivity contribution in [2.75, 3.05) is 0 Å². The van der Waals surface area contributed by atoms with Gasteiger partial charge in [-0.05, 0) is 72.1 Å². The van der Waals surface area contributed by atoms with Crippen LogP contribution in [0.25, 0.3) is 11.1 Å². The van der Waals surface area contributed by atoms with Gasteiger partial charge in [0.2, 0.25) is 0 Å². The van der Waals surface area contributed by atoms with Crippen LogP contribution in [0.1, 0.15) is 76.3 Å². The van der Waals surface area contributed by atoms with E-state index in [4.69, 9.17) is 0 Å². The van der Waals surface area contributed by atoms with Crippen molar-refractivity contribution in [3.05, 3.63) is 83.5 Å². The Balaban J connectivity index is 1.32. The van der Waals surface area contributed by atoms with E-state index in [2.05, 4.69) is 6.92 Å². The number of Topliss-reactive ketones (excluding diaryl/α,β-unsaturated/α-hetero) is 2. The molecule has 2 aliphatic rings. The average Bonchev–Trinajstić information content (AvgIpc) is 3.43. The number of benzene rings is 2. The van der Waals surface area contributed by atoms with Gasteiger partial charge in [0.1, 0.15) is 5.78 Å². The summed E-state index contributed by atoms with van der Waals surface area (Å²) in [5, 5.41) is 0. The Bertz CT molecular complexity index is 1160. The maximum Gasteiger partial charge on any atom is 0.271 e. The smallest absolute Gasteiger partial charge is 0.271 e. The van der Waals surface area contributed by atoms with E-state index in [1.807, 2.05) is 42.5 Å². The topological polar surface area (TPSA) is 34.1 Å². The Labute approximate surface area is 219 Å². The lowest BCUT2D eigenvalue weighted by Crippen LogP contribution is -2.25. The average molecular weight is 505 g/mol. The van der Waals surface area contributed by atoms with E-state index in [1.54, 1.807) is 18.2 Å². The van der Waals surface area contributed by atoms with E-state index in [0.717, 1.165) is 56.6 Å². The Morgan fingerprint density at radius 3 is 2.46 bits per heavy atom. The molecule has 2 aliphatic carbocycles. The molecule has 0 radical (unpaired) electrons. The number of carbonyl (C=O) groups is 2. The summed E-state index contributed by atoms with van der Waals surface area (Å²) in [4.78, 5) is 25.6. The minimum Gasteiger partial charge on any atom is -0.299 e. The Morgan fingerprint density at radius 2 is 1.78 bits per heavy atom. The highest BCUT2D eigenvalue weighted by atomic mass is 19.3. The maximum absolute atomic E-state index is 14.2. The predicted molar refractivity (Wildman–Crippen MR) is 145 cm³/mol. The van der Waals surface area contributed by atoms with Crippen LogP contribution in [0.15, 0.2) is 72.3 Å². The quantitative estimate of drug-likeness (QED) is 0.307. The molecule has 0 aliphatic heterocycles. The number of rotatable bonds is 11. The molecule has 2 aromatic carbocycles. The number of ketones is 2. The maximum atomic E-state index is 14.2. The molecule has 1 atom stereocenters. The van der Waals surface area contributed by atoms with Crippen molar-refractivity contribution in [3.63, 3.8) is 0 Å². The van der Waals surface area contributed by atoms with Crippen LogP contribution in [0.5, 0.6) is 0 Å². The lowest BCUT2D eigenvalue weighted by atomic mass is 9.72. The molecule has 0 amide bonds. The zero-order chi connectivity index (χ0) is 26.4. The van der Waals surface area contributed by atoms with Gasteiger partial charge in [0.25, 0.3) is 5.92 Å². The van der Waals surface area contributed by atoms with Crippen LogP contribution in [-0.4, -0.2) is 11.6 Å². The predicted octanol–water partition coefficient (Wildman–Crippen LogP) is 8.65. The van der Waals surface area contributed by atoms with Crippen molar-refractivity contribution < 1.29 is 18.4 Å². The molecule has 37 heavy (non-hydrogen) atoms. The van der Waals surface area contributed by atoms with Gasteiger partial charge < -0.3 is 0 Å². The van der Waals surface area contributed by atoms with Crippen LogP contribution in [0.3, 0.4) is 0 Å². The Hall–Kier alpha value is -2.88. The van der Waals surface area contributed by atoms with Crippen LogP contribution >= 0.6 is 0 Å². The van der Waals surface area contributed by atoms with Gasteiger partial charge >= 0.3 is 0 Å². The van der Waals surface area contributed by atoms with Gasteiger partial charge in [0.15, 0.2) is 5.78 Å². The van der Waals surface area contributed by atoms with E-state index in [1.165, 1.54) is 6.07 Å². The van der Waals surface area contributed by atoms with Crippen molar-refractivity contribution in [1.82, 2.24) is 0 Å². The van der Waals surface area contributed by atoms with Crippen molar-refractivity contribution in [3.8, 4) is 11.1 Å². The van der Waals surface area contributed by atoms with Gasteiger partial charge in [0.05, 0.1) is 0 Å². The molecule has 0 aromatic heterocycles. The number of allylic oxidation sites excluding steroid dienone is 4. The molecule has 0 N–H and O–H groups in total. The molecule has 2 aromatic rings. The van der Waals surface area contributed by atoms with Gasteiger partial charge in [-0.2, -0.15) is 0 Å². The molecule has 4 rings (SSSR count). The number of carbonyl (C=O) groups excluding carboxylic acids is 2. The van der Waals surface area contributed by atoms with Gasteiger partial charge in [0, 0.05) is 31.7 Å². The van der Waals surface area contributed by atoms with Crippen LogP contribution < -0.4 is 0 Å². The lowest BCUT2D eigenvalue weighted by Gasteiger charge is -2.33. The zero-order valence-electron chi connectivity index (χ0n) is 22.0. The van der Waals surface area contributed by atoms with Gasteiger partial charge in [-0.3, -0.25) is 9.59 Å².